The molecule has 0 unspecified atom stereocenters. The Morgan fingerprint density at radius 3 is 2.67 bits per heavy atom. The maximum atomic E-state index is 14.0. The van der Waals surface area contributed by atoms with E-state index in [1.807, 2.05) is 0 Å². The van der Waals surface area contributed by atoms with E-state index in [1.54, 1.807) is 6.07 Å². The number of rotatable bonds is 10. The smallest absolute Gasteiger partial charge is 0.244 e. The molecule has 0 bridgehead atoms. The van der Waals surface area contributed by atoms with Gasteiger partial charge < -0.3 is 15.7 Å². The van der Waals surface area contributed by atoms with Crippen LogP contribution in [0.4, 0.5) is 20.3 Å². The molecular formula is C19H22F2N4O4S. The van der Waals surface area contributed by atoms with Crippen LogP contribution in [0.15, 0.2) is 36.4 Å². The SMILES string of the molecule is CS(=O)(=O)Nc1ccc(CNC(=O)/C=C/c2ccc(CF)nc2NCCO)cc1F. The van der Waals surface area contributed by atoms with Crippen LogP contribution in [-0.2, 0) is 28.0 Å². The number of amides is 1. The van der Waals surface area contributed by atoms with Gasteiger partial charge in [0.05, 0.1) is 24.2 Å². The number of carbonyl (C=O) groups is 1. The number of alkyl halides is 1. The Morgan fingerprint density at radius 1 is 1.27 bits per heavy atom. The molecule has 0 radical (unpaired) electrons. The van der Waals surface area contributed by atoms with Gasteiger partial charge in [-0.25, -0.2) is 22.2 Å². The van der Waals surface area contributed by atoms with E-state index in [-0.39, 0.29) is 31.1 Å². The van der Waals surface area contributed by atoms with Gasteiger partial charge in [-0.05, 0) is 35.9 Å². The Balaban J connectivity index is 2.01. The molecule has 0 spiro atoms. The lowest BCUT2D eigenvalue weighted by atomic mass is 10.2. The van der Waals surface area contributed by atoms with Crippen LogP contribution in [0, 0.1) is 5.82 Å². The number of sulfonamides is 1. The van der Waals surface area contributed by atoms with Gasteiger partial charge in [0.15, 0.2) is 0 Å². The van der Waals surface area contributed by atoms with Crippen LogP contribution in [0.3, 0.4) is 0 Å². The largest absolute Gasteiger partial charge is 0.395 e. The van der Waals surface area contributed by atoms with Crippen molar-refractivity contribution in [2.24, 2.45) is 0 Å². The summed E-state index contributed by atoms with van der Waals surface area (Å²) in [6.45, 7) is -0.646. The van der Waals surface area contributed by atoms with E-state index in [1.165, 1.54) is 30.4 Å². The van der Waals surface area contributed by atoms with E-state index in [0.717, 1.165) is 12.3 Å². The van der Waals surface area contributed by atoms with Gasteiger partial charge in [0.2, 0.25) is 15.9 Å². The van der Waals surface area contributed by atoms with Gasteiger partial charge in [-0.15, -0.1) is 0 Å². The van der Waals surface area contributed by atoms with E-state index in [4.69, 9.17) is 5.11 Å². The molecule has 1 aromatic carbocycles. The molecule has 1 aromatic heterocycles. The van der Waals surface area contributed by atoms with Gasteiger partial charge in [0, 0.05) is 24.7 Å². The fraction of sp³-hybridized carbons (Fsp3) is 0.263. The molecule has 2 rings (SSSR count). The van der Waals surface area contributed by atoms with Gasteiger partial charge in [0.1, 0.15) is 18.3 Å². The highest BCUT2D eigenvalue weighted by atomic mass is 32.2. The zero-order valence-corrected chi connectivity index (χ0v) is 17.0. The van der Waals surface area contributed by atoms with E-state index in [9.17, 15) is 22.0 Å². The zero-order chi connectivity index (χ0) is 22.1. The van der Waals surface area contributed by atoms with Crippen molar-refractivity contribution in [1.82, 2.24) is 10.3 Å². The van der Waals surface area contributed by atoms with Crippen LogP contribution in [-0.4, -0.2) is 43.8 Å². The van der Waals surface area contributed by atoms with Crippen molar-refractivity contribution < 1.29 is 27.1 Å². The zero-order valence-electron chi connectivity index (χ0n) is 16.2. The molecule has 8 nitrogen and oxygen atoms in total. The fourth-order valence-electron chi connectivity index (χ4n) is 2.40. The molecule has 0 aliphatic rings. The quantitative estimate of drug-likeness (QED) is 0.418. The summed E-state index contributed by atoms with van der Waals surface area (Å²) in [4.78, 5) is 16.1. The van der Waals surface area contributed by atoms with Crippen LogP contribution in [0.5, 0.6) is 0 Å². The van der Waals surface area contributed by atoms with Gasteiger partial charge in [-0.2, -0.15) is 0 Å². The summed E-state index contributed by atoms with van der Waals surface area (Å²) in [5, 5.41) is 14.3. The summed E-state index contributed by atoms with van der Waals surface area (Å²) in [6, 6.07) is 6.95. The molecule has 1 amide bonds. The van der Waals surface area contributed by atoms with Crippen LogP contribution in [0.2, 0.25) is 0 Å². The first-order chi connectivity index (χ1) is 14.2. The lowest BCUT2D eigenvalue weighted by Gasteiger charge is -2.09. The topological polar surface area (TPSA) is 120 Å². The third-order valence-corrected chi connectivity index (χ3v) is 4.33. The standard InChI is InChI=1S/C19H22F2N4O4S/c1-30(28,29)25-17-6-2-13(10-16(17)21)12-23-18(27)7-4-14-3-5-15(11-20)24-19(14)22-8-9-26/h2-7,10,25-26H,8-9,11-12H2,1H3,(H,22,24)(H,23,27)/b7-4+. The number of halogens is 2. The summed E-state index contributed by atoms with van der Waals surface area (Å²) in [5.74, 6) is -0.892. The molecule has 0 aliphatic carbocycles. The number of hydrogen-bond acceptors (Lipinski definition) is 6. The Morgan fingerprint density at radius 2 is 2.03 bits per heavy atom. The molecule has 30 heavy (non-hydrogen) atoms. The second kappa shape index (κ2) is 10.6. The van der Waals surface area contributed by atoms with E-state index >= 15 is 0 Å². The van der Waals surface area contributed by atoms with Crippen molar-refractivity contribution in [2.45, 2.75) is 13.2 Å². The van der Waals surface area contributed by atoms with Crippen molar-refractivity contribution in [1.29, 1.82) is 0 Å². The fourth-order valence-corrected chi connectivity index (χ4v) is 2.96. The van der Waals surface area contributed by atoms with Gasteiger partial charge in [-0.1, -0.05) is 6.07 Å². The highest BCUT2D eigenvalue weighted by Crippen LogP contribution is 2.17. The third kappa shape index (κ3) is 7.41. The maximum Gasteiger partial charge on any atom is 0.244 e. The van der Waals surface area contributed by atoms with Crippen molar-refractivity contribution in [3.63, 3.8) is 0 Å². The van der Waals surface area contributed by atoms with Crippen molar-refractivity contribution >= 4 is 33.5 Å². The third-order valence-electron chi connectivity index (χ3n) is 3.74. The molecule has 1 heterocycles. The van der Waals surface area contributed by atoms with Gasteiger partial charge >= 0.3 is 0 Å². The molecule has 0 fully saturated rings. The lowest BCUT2D eigenvalue weighted by molar-refractivity contribution is -0.116. The van der Waals surface area contributed by atoms with Gasteiger partial charge in [-0.3, -0.25) is 9.52 Å². The van der Waals surface area contributed by atoms with Crippen molar-refractivity contribution in [3.05, 3.63) is 59.0 Å². The number of benzene rings is 1. The molecule has 0 aliphatic heterocycles. The number of hydrogen-bond donors (Lipinski definition) is 4. The molecular weight excluding hydrogens is 418 g/mol. The summed E-state index contributed by atoms with van der Waals surface area (Å²) in [5.41, 5.74) is 0.998. The van der Waals surface area contributed by atoms with Crippen LogP contribution < -0.4 is 15.4 Å². The van der Waals surface area contributed by atoms with Crippen LogP contribution in [0.1, 0.15) is 16.8 Å². The number of pyridine rings is 1. The number of nitrogens with one attached hydrogen (secondary N) is 3. The summed E-state index contributed by atoms with van der Waals surface area (Å²) >= 11 is 0. The predicted molar refractivity (Wildman–Crippen MR) is 110 cm³/mol. The molecule has 4 N–H and O–H groups in total. The molecule has 0 saturated heterocycles. The number of nitrogens with zero attached hydrogens (tertiary/aromatic N) is 1. The number of aromatic nitrogens is 1. The number of anilines is 2. The molecule has 0 atom stereocenters. The van der Waals surface area contributed by atoms with Crippen LogP contribution >= 0.6 is 0 Å². The summed E-state index contributed by atoms with van der Waals surface area (Å²) < 4.78 is 51.2. The van der Waals surface area contributed by atoms with E-state index < -0.39 is 28.4 Å². The Bertz CT molecular complexity index is 1030. The Kier molecular flexibility index (Phi) is 8.25. The average molecular weight is 440 g/mol. The second-order valence-corrected chi connectivity index (χ2v) is 8.01. The summed E-state index contributed by atoms with van der Waals surface area (Å²) in [7, 11) is -3.60. The first kappa shape index (κ1) is 23.2. The highest BCUT2D eigenvalue weighted by Gasteiger charge is 2.09. The average Bonchev–Trinajstić information content (AvgIpc) is 2.70. The summed E-state index contributed by atoms with van der Waals surface area (Å²) in [6.07, 6.45) is 3.63. The Hall–Kier alpha value is -3.05. The first-order valence-electron chi connectivity index (χ1n) is 8.84. The van der Waals surface area contributed by atoms with E-state index in [0.29, 0.717) is 16.9 Å². The minimum Gasteiger partial charge on any atom is -0.395 e. The maximum absolute atomic E-state index is 14.0. The Labute approximate surface area is 173 Å². The van der Waals surface area contributed by atoms with E-state index in [2.05, 4.69) is 20.3 Å². The minimum absolute atomic E-state index is 0.0217. The highest BCUT2D eigenvalue weighted by molar-refractivity contribution is 7.92. The predicted octanol–water partition coefficient (Wildman–Crippen LogP) is 1.80. The molecule has 162 valence electrons. The minimum atomic E-state index is -3.60. The van der Waals surface area contributed by atoms with Crippen molar-refractivity contribution in [2.75, 3.05) is 29.4 Å². The lowest BCUT2D eigenvalue weighted by Crippen LogP contribution is -2.20. The molecule has 2 aromatic rings. The molecule has 0 saturated carbocycles. The first-order valence-corrected chi connectivity index (χ1v) is 10.7. The number of aliphatic hydroxyl groups is 1. The number of carbonyl (C=O) groups excluding carboxylic acids is 1. The monoisotopic (exact) mass is 440 g/mol. The number of aliphatic hydroxyl groups excluding tert-OH is 1. The van der Waals surface area contributed by atoms with Crippen molar-refractivity contribution in [3.8, 4) is 0 Å². The van der Waals surface area contributed by atoms with Crippen LogP contribution in [0.25, 0.3) is 6.08 Å². The normalized spacial score (nSPS) is 11.5. The second-order valence-electron chi connectivity index (χ2n) is 6.26. The molecule has 11 heteroatoms. The van der Waals surface area contributed by atoms with Gasteiger partial charge in [0.25, 0.3) is 0 Å².